The zero-order valence-corrected chi connectivity index (χ0v) is 14.7. The molecular weight excluding hydrogens is 306 g/mol. The molecule has 0 aromatic rings. The molecule has 3 atom stereocenters. The molecule has 0 bridgehead atoms. The first-order valence-electron chi connectivity index (χ1n) is 7.62. The predicted octanol–water partition coefficient (Wildman–Crippen LogP) is 0.535. The van der Waals surface area contributed by atoms with Gasteiger partial charge in [-0.05, 0) is 12.8 Å². The van der Waals surface area contributed by atoms with E-state index in [0.29, 0.717) is 13.0 Å². The van der Waals surface area contributed by atoms with E-state index in [0.717, 1.165) is 19.4 Å². The molecule has 1 aliphatic carbocycles. The van der Waals surface area contributed by atoms with Crippen molar-refractivity contribution in [3.05, 3.63) is 0 Å². The van der Waals surface area contributed by atoms with Crippen LogP contribution in [0.25, 0.3) is 0 Å². The maximum atomic E-state index is 12.6. The van der Waals surface area contributed by atoms with Gasteiger partial charge in [0.1, 0.15) is 5.54 Å². The number of amides is 2. The van der Waals surface area contributed by atoms with Gasteiger partial charge < -0.3 is 20.7 Å². The summed E-state index contributed by atoms with van der Waals surface area (Å²) in [4.78, 5) is 25.6. The van der Waals surface area contributed by atoms with Crippen LogP contribution in [-0.4, -0.2) is 55.6 Å². The Morgan fingerprint density at radius 1 is 1.36 bits per heavy atom. The Morgan fingerprint density at radius 2 is 2.00 bits per heavy atom. The molecule has 3 unspecified atom stereocenters. The van der Waals surface area contributed by atoms with Gasteiger partial charge in [-0.3, -0.25) is 9.59 Å². The summed E-state index contributed by atoms with van der Waals surface area (Å²) in [6.07, 6.45) is 2.22. The van der Waals surface area contributed by atoms with E-state index >= 15 is 0 Å². The molecule has 1 saturated carbocycles. The van der Waals surface area contributed by atoms with E-state index in [4.69, 9.17) is 10.5 Å². The van der Waals surface area contributed by atoms with E-state index < -0.39 is 5.54 Å². The molecule has 7 heteroatoms. The second-order valence-corrected chi connectivity index (χ2v) is 6.92. The molecule has 0 aromatic heterocycles. The number of carbonyl (C=O) groups is 2. The first-order chi connectivity index (χ1) is 9.73. The number of ether oxygens (including phenoxy) is 1. The quantitative estimate of drug-likeness (QED) is 0.786. The van der Waals surface area contributed by atoms with Crippen molar-refractivity contribution in [2.24, 2.45) is 17.1 Å². The molecule has 0 spiro atoms. The minimum absolute atomic E-state index is 0. The number of rotatable bonds is 4. The van der Waals surface area contributed by atoms with E-state index in [9.17, 15) is 9.59 Å². The van der Waals surface area contributed by atoms with Gasteiger partial charge in [-0.1, -0.05) is 13.8 Å². The monoisotopic (exact) mass is 333 g/mol. The van der Waals surface area contributed by atoms with Crippen LogP contribution in [0.4, 0.5) is 0 Å². The minimum Gasteiger partial charge on any atom is -0.377 e. The Morgan fingerprint density at radius 3 is 2.59 bits per heavy atom. The average Bonchev–Trinajstić information content (AvgIpc) is 2.45. The van der Waals surface area contributed by atoms with Crippen molar-refractivity contribution in [3.8, 4) is 0 Å². The maximum absolute atomic E-state index is 12.6. The molecule has 1 heterocycles. The van der Waals surface area contributed by atoms with Gasteiger partial charge in [0.15, 0.2) is 0 Å². The molecule has 0 aromatic carbocycles. The van der Waals surface area contributed by atoms with Crippen LogP contribution < -0.4 is 11.1 Å². The van der Waals surface area contributed by atoms with Crippen LogP contribution in [-0.2, 0) is 14.3 Å². The zero-order valence-electron chi connectivity index (χ0n) is 13.8. The Hall–Kier alpha value is -0.850. The Bertz CT molecular complexity index is 442. The van der Waals surface area contributed by atoms with Gasteiger partial charge in [-0.2, -0.15) is 0 Å². The van der Waals surface area contributed by atoms with Crippen LogP contribution in [0.3, 0.4) is 0 Å². The lowest BCUT2D eigenvalue weighted by Crippen LogP contribution is -2.82. The summed E-state index contributed by atoms with van der Waals surface area (Å²) in [5.74, 6) is -0.0928. The number of nitrogens with two attached hydrogens (primary N) is 1. The number of hydrogen-bond donors (Lipinski definition) is 2. The first kappa shape index (κ1) is 19.2. The number of nitrogens with one attached hydrogen (secondary N) is 1. The van der Waals surface area contributed by atoms with Crippen molar-refractivity contribution in [1.29, 1.82) is 0 Å². The van der Waals surface area contributed by atoms with Crippen LogP contribution in [0.1, 0.15) is 33.1 Å². The highest BCUT2D eigenvalue weighted by molar-refractivity contribution is 5.90. The molecule has 0 radical (unpaired) electrons. The molecule has 22 heavy (non-hydrogen) atoms. The highest BCUT2D eigenvalue weighted by Gasteiger charge is 2.70. The van der Waals surface area contributed by atoms with Crippen LogP contribution in [0.2, 0.25) is 0 Å². The molecule has 2 aliphatic rings. The Labute approximate surface area is 138 Å². The largest absolute Gasteiger partial charge is 0.377 e. The molecule has 6 nitrogen and oxygen atoms in total. The van der Waals surface area contributed by atoms with Gasteiger partial charge in [0.2, 0.25) is 11.8 Å². The second-order valence-electron chi connectivity index (χ2n) is 6.92. The van der Waals surface area contributed by atoms with Crippen molar-refractivity contribution in [2.45, 2.75) is 44.8 Å². The molecule has 1 saturated heterocycles. The van der Waals surface area contributed by atoms with Crippen LogP contribution >= 0.6 is 12.4 Å². The lowest BCUT2D eigenvalue weighted by Gasteiger charge is -2.65. The summed E-state index contributed by atoms with van der Waals surface area (Å²) in [6, 6.07) is 0. The van der Waals surface area contributed by atoms with Gasteiger partial charge in [-0.25, -0.2) is 0 Å². The summed E-state index contributed by atoms with van der Waals surface area (Å²) < 4.78 is 5.79. The molecule has 128 valence electrons. The van der Waals surface area contributed by atoms with E-state index in [1.54, 1.807) is 14.1 Å². The van der Waals surface area contributed by atoms with Crippen molar-refractivity contribution in [3.63, 3.8) is 0 Å². The topological polar surface area (TPSA) is 84.7 Å². The first-order valence-corrected chi connectivity index (χ1v) is 7.62. The molecule has 1 aliphatic heterocycles. The lowest BCUT2D eigenvalue weighted by atomic mass is 9.46. The fraction of sp³-hybridized carbons (Fsp3) is 0.867. The summed E-state index contributed by atoms with van der Waals surface area (Å²) in [5.41, 5.74) is 5.18. The number of hydrogen-bond acceptors (Lipinski definition) is 4. The third-order valence-corrected chi connectivity index (χ3v) is 5.18. The van der Waals surface area contributed by atoms with E-state index in [-0.39, 0.29) is 41.7 Å². The molecule has 3 N–H and O–H groups in total. The fourth-order valence-corrected chi connectivity index (χ4v) is 3.69. The van der Waals surface area contributed by atoms with Gasteiger partial charge >= 0.3 is 0 Å². The molecule has 2 fully saturated rings. The Balaban J connectivity index is 0.00000242. The maximum Gasteiger partial charge on any atom is 0.241 e. The Kier molecular flexibility index (Phi) is 5.87. The standard InChI is InChI=1S/C15H27N3O3.ClH/c1-14(2)12-10(6-5-9-21-12)15(14,16)13(20)17-8-7-11(19)18(3)4;/h10,12H,5-9,16H2,1-4H3,(H,17,20);1H. The van der Waals surface area contributed by atoms with E-state index in [1.807, 2.05) is 13.8 Å². The van der Waals surface area contributed by atoms with E-state index in [2.05, 4.69) is 5.32 Å². The van der Waals surface area contributed by atoms with Crippen LogP contribution in [0, 0.1) is 11.3 Å². The van der Waals surface area contributed by atoms with Gasteiger partial charge in [-0.15, -0.1) is 12.4 Å². The normalized spacial score (nSPS) is 32.0. The summed E-state index contributed by atoms with van der Waals surface area (Å²) in [5, 5.41) is 2.83. The van der Waals surface area contributed by atoms with Crippen molar-refractivity contribution in [2.75, 3.05) is 27.2 Å². The van der Waals surface area contributed by atoms with Crippen LogP contribution in [0.5, 0.6) is 0 Å². The van der Waals surface area contributed by atoms with Gasteiger partial charge in [0.25, 0.3) is 0 Å². The van der Waals surface area contributed by atoms with Gasteiger partial charge in [0, 0.05) is 45.0 Å². The summed E-state index contributed by atoms with van der Waals surface area (Å²) in [6.45, 7) is 5.05. The average molecular weight is 334 g/mol. The highest BCUT2D eigenvalue weighted by Crippen LogP contribution is 2.57. The second kappa shape index (κ2) is 6.72. The van der Waals surface area contributed by atoms with Crippen molar-refractivity contribution in [1.82, 2.24) is 10.2 Å². The van der Waals surface area contributed by atoms with Crippen molar-refractivity contribution < 1.29 is 14.3 Å². The number of fused-ring (bicyclic) bond motifs is 1. The van der Waals surface area contributed by atoms with Gasteiger partial charge in [0.05, 0.1) is 6.10 Å². The molecule has 2 amide bonds. The van der Waals surface area contributed by atoms with E-state index in [1.165, 1.54) is 4.90 Å². The zero-order chi connectivity index (χ0) is 15.8. The number of nitrogens with zero attached hydrogens (tertiary/aromatic N) is 1. The van der Waals surface area contributed by atoms with Crippen LogP contribution in [0.15, 0.2) is 0 Å². The molecular formula is C15H28ClN3O3. The summed E-state index contributed by atoms with van der Waals surface area (Å²) >= 11 is 0. The number of carbonyl (C=O) groups excluding carboxylic acids is 2. The SMILES string of the molecule is CN(C)C(=O)CCNC(=O)C1(N)C2CCCOC2C1(C)C.Cl. The minimum atomic E-state index is -0.904. The highest BCUT2D eigenvalue weighted by atomic mass is 35.5. The lowest BCUT2D eigenvalue weighted by molar-refractivity contribution is -0.225. The third-order valence-electron chi connectivity index (χ3n) is 5.18. The summed E-state index contributed by atoms with van der Waals surface area (Å²) in [7, 11) is 3.40. The third kappa shape index (κ3) is 2.84. The van der Waals surface area contributed by atoms with Crippen molar-refractivity contribution >= 4 is 24.2 Å². The number of halogens is 1. The predicted molar refractivity (Wildman–Crippen MR) is 86.7 cm³/mol. The fourth-order valence-electron chi connectivity index (χ4n) is 3.69. The smallest absolute Gasteiger partial charge is 0.241 e. The molecule has 2 rings (SSSR count).